The molecule has 2 rings (SSSR count). The second-order valence-corrected chi connectivity index (χ2v) is 16.0. The minimum atomic E-state index is -1.71. The van der Waals surface area contributed by atoms with E-state index in [4.69, 9.17) is 0 Å². The Labute approximate surface area is 105 Å². The summed E-state index contributed by atoms with van der Waals surface area (Å²) in [5.74, 6) is 6.96. The van der Waals surface area contributed by atoms with Gasteiger partial charge in [-0.05, 0) is 0 Å². The predicted molar refractivity (Wildman–Crippen MR) is 74.8 cm³/mol. The standard InChI is InChI=1S/C15H17FGe/c1-17(2,3)15-10-6-13(7-11-15)12-4-8-14(16)9-5-12/h4-11H,1-3H3. The van der Waals surface area contributed by atoms with E-state index in [0.29, 0.717) is 0 Å². The maximum atomic E-state index is 12.8. The zero-order valence-corrected chi connectivity index (χ0v) is 12.6. The Morgan fingerprint density at radius 2 is 1.12 bits per heavy atom. The molecule has 0 heterocycles. The Kier molecular flexibility index (Phi) is 3.38. The Hall–Kier alpha value is -1.09. The zero-order valence-electron chi connectivity index (χ0n) is 10.5. The Morgan fingerprint density at radius 1 is 0.706 bits per heavy atom. The van der Waals surface area contributed by atoms with Crippen LogP contribution in [-0.2, 0) is 0 Å². The molecule has 0 aliphatic carbocycles. The van der Waals surface area contributed by atoms with Crippen LogP contribution in [0.15, 0.2) is 48.5 Å². The predicted octanol–water partition coefficient (Wildman–Crippen LogP) is 4.04. The summed E-state index contributed by atoms with van der Waals surface area (Å²) < 4.78 is 14.3. The average molecular weight is 289 g/mol. The second-order valence-electron chi connectivity index (χ2n) is 5.33. The summed E-state index contributed by atoms with van der Waals surface area (Å²) in [6, 6.07) is 15.4. The van der Waals surface area contributed by atoms with E-state index in [0.717, 1.165) is 11.1 Å². The van der Waals surface area contributed by atoms with Crippen LogP contribution < -0.4 is 4.40 Å². The fourth-order valence-corrected chi connectivity index (χ4v) is 4.25. The third-order valence-electron chi connectivity index (χ3n) is 2.93. The van der Waals surface area contributed by atoms with Crippen molar-refractivity contribution in [1.29, 1.82) is 0 Å². The van der Waals surface area contributed by atoms with Gasteiger partial charge in [-0.1, -0.05) is 0 Å². The Balaban J connectivity index is 2.33. The summed E-state index contributed by atoms with van der Waals surface area (Å²) in [6.45, 7) is 0. The van der Waals surface area contributed by atoms with Crippen LogP contribution in [0.3, 0.4) is 0 Å². The molecule has 88 valence electrons. The second kappa shape index (κ2) is 4.65. The Morgan fingerprint density at radius 3 is 1.53 bits per heavy atom. The van der Waals surface area contributed by atoms with Gasteiger partial charge in [0.1, 0.15) is 0 Å². The molecule has 2 aromatic rings. The van der Waals surface area contributed by atoms with E-state index in [1.807, 2.05) is 12.1 Å². The molecule has 2 aromatic carbocycles. The maximum absolute atomic E-state index is 12.8. The van der Waals surface area contributed by atoms with Crippen molar-refractivity contribution in [3.8, 4) is 11.1 Å². The quantitative estimate of drug-likeness (QED) is 0.732. The van der Waals surface area contributed by atoms with Crippen LogP contribution in [0, 0.1) is 5.82 Å². The molecule has 0 saturated carbocycles. The van der Waals surface area contributed by atoms with Gasteiger partial charge in [-0.3, -0.25) is 0 Å². The van der Waals surface area contributed by atoms with Crippen molar-refractivity contribution >= 4 is 17.7 Å². The van der Waals surface area contributed by atoms with Gasteiger partial charge in [0.15, 0.2) is 0 Å². The average Bonchev–Trinajstić information content (AvgIpc) is 2.29. The van der Waals surface area contributed by atoms with Gasteiger partial charge in [-0.15, -0.1) is 0 Å². The molecular formula is C15H17FGe. The number of benzene rings is 2. The summed E-state index contributed by atoms with van der Waals surface area (Å²) in [4.78, 5) is 0. The number of rotatable bonds is 2. The van der Waals surface area contributed by atoms with Gasteiger partial charge >= 0.3 is 105 Å². The monoisotopic (exact) mass is 290 g/mol. The summed E-state index contributed by atoms with van der Waals surface area (Å²) in [5, 5.41) is 0. The molecule has 0 nitrogen and oxygen atoms in total. The van der Waals surface area contributed by atoms with Crippen molar-refractivity contribution in [2.24, 2.45) is 0 Å². The third-order valence-corrected chi connectivity index (χ3v) is 7.26. The molecule has 0 bridgehead atoms. The molecule has 0 amide bonds. The molecule has 0 aliphatic heterocycles. The van der Waals surface area contributed by atoms with Gasteiger partial charge in [0.05, 0.1) is 0 Å². The normalized spacial score (nSPS) is 11.5. The van der Waals surface area contributed by atoms with Gasteiger partial charge in [0, 0.05) is 0 Å². The van der Waals surface area contributed by atoms with Crippen LogP contribution in [0.1, 0.15) is 0 Å². The van der Waals surface area contributed by atoms with Crippen molar-refractivity contribution in [1.82, 2.24) is 0 Å². The van der Waals surface area contributed by atoms with Crippen LogP contribution in [0.4, 0.5) is 4.39 Å². The van der Waals surface area contributed by atoms with E-state index < -0.39 is 13.3 Å². The molecule has 0 N–H and O–H groups in total. The molecule has 0 fully saturated rings. The van der Waals surface area contributed by atoms with Crippen LogP contribution in [0.5, 0.6) is 0 Å². The summed E-state index contributed by atoms with van der Waals surface area (Å²) in [6.07, 6.45) is 0. The van der Waals surface area contributed by atoms with Gasteiger partial charge in [0.2, 0.25) is 0 Å². The van der Waals surface area contributed by atoms with Gasteiger partial charge < -0.3 is 0 Å². The Bertz CT molecular complexity index is 492. The molecule has 0 aliphatic rings. The van der Waals surface area contributed by atoms with E-state index in [1.165, 1.54) is 16.5 Å². The van der Waals surface area contributed by atoms with Crippen molar-refractivity contribution in [3.63, 3.8) is 0 Å². The number of hydrogen-bond donors (Lipinski definition) is 0. The summed E-state index contributed by atoms with van der Waals surface area (Å²) >= 11 is -1.71. The topological polar surface area (TPSA) is 0 Å². The van der Waals surface area contributed by atoms with Crippen molar-refractivity contribution in [2.75, 3.05) is 0 Å². The first-order valence-electron chi connectivity index (χ1n) is 5.83. The van der Waals surface area contributed by atoms with E-state index in [9.17, 15) is 4.39 Å². The first kappa shape index (κ1) is 12.4. The first-order chi connectivity index (χ1) is 7.97. The SMILES string of the molecule is [CH3][Ge]([CH3])([CH3])[c]1ccc(-c2ccc(F)cc2)cc1. The number of halogens is 1. The fourth-order valence-electron chi connectivity index (χ4n) is 1.81. The minimum absolute atomic E-state index is 0.185. The van der Waals surface area contributed by atoms with E-state index in [-0.39, 0.29) is 5.82 Å². The molecule has 0 unspecified atom stereocenters. The van der Waals surface area contributed by atoms with Gasteiger partial charge in [-0.2, -0.15) is 0 Å². The number of hydrogen-bond acceptors (Lipinski definition) is 0. The van der Waals surface area contributed by atoms with Crippen LogP contribution in [-0.4, -0.2) is 13.3 Å². The van der Waals surface area contributed by atoms with E-state index in [1.54, 1.807) is 0 Å². The van der Waals surface area contributed by atoms with Gasteiger partial charge in [0.25, 0.3) is 0 Å². The third kappa shape index (κ3) is 2.97. The molecule has 0 radical (unpaired) electrons. The first-order valence-corrected chi connectivity index (χ1v) is 13.2. The van der Waals surface area contributed by atoms with Crippen molar-refractivity contribution in [3.05, 3.63) is 54.3 Å². The summed E-state index contributed by atoms with van der Waals surface area (Å²) in [5.41, 5.74) is 2.22. The van der Waals surface area contributed by atoms with E-state index >= 15 is 0 Å². The molecule has 0 atom stereocenters. The molecule has 0 saturated heterocycles. The van der Waals surface area contributed by atoms with E-state index in [2.05, 4.69) is 41.5 Å². The van der Waals surface area contributed by atoms with Crippen LogP contribution >= 0.6 is 0 Å². The van der Waals surface area contributed by atoms with Crippen molar-refractivity contribution in [2.45, 2.75) is 17.3 Å². The van der Waals surface area contributed by atoms with Crippen LogP contribution in [0.2, 0.25) is 17.3 Å². The fraction of sp³-hybridized carbons (Fsp3) is 0.200. The molecule has 17 heavy (non-hydrogen) atoms. The molecular weight excluding hydrogens is 272 g/mol. The van der Waals surface area contributed by atoms with Gasteiger partial charge in [-0.25, -0.2) is 0 Å². The van der Waals surface area contributed by atoms with Crippen LogP contribution in [0.25, 0.3) is 11.1 Å². The molecule has 2 heteroatoms. The molecule has 0 aromatic heterocycles. The zero-order chi connectivity index (χ0) is 12.5. The molecule has 0 spiro atoms. The van der Waals surface area contributed by atoms with Crippen molar-refractivity contribution < 1.29 is 4.39 Å². The summed E-state index contributed by atoms with van der Waals surface area (Å²) in [7, 11) is 0.